The van der Waals surface area contributed by atoms with Crippen LogP contribution in [0.2, 0.25) is 0 Å². The first-order chi connectivity index (χ1) is 6.79. The quantitative estimate of drug-likeness (QED) is 0.563. The van der Waals surface area contributed by atoms with Crippen molar-refractivity contribution in [2.24, 2.45) is 0 Å². The zero-order valence-electron chi connectivity index (χ0n) is 8.24. The topological polar surface area (TPSA) is 17.1 Å². The van der Waals surface area contributed by atoms with Gasteiger partial charge in [0.25, 0.3) is 0 Å². The van der Waals surface area contributed by atoms with E-state index in [4.69, 9.17) is 0 Å². The normalized spacial score (nSPS) is 10.0. The summed E-state index contributed by atoms with van der Waals surface area (Å²) in [6.45, 7) is 0. The maximum absolute atomic E-state index is 10.6. The number of carbonyl (C=O) groups excluding carboxylic acids is 1. The van der Waals surface area contributed by atoms with Crippen LogP contribution < -0.4 is 0 Å². The Morgan fingerprint density at radius 1 is 1.07 bits per heavy atom. The molecule has 0 unspecified atom stereocenters. The van der Waals surface area contributed by atoms with Crippen LogP contribution in [0, 0.1) is 0 Å². The monoisotopic (exact) mass is 255 g/mol. The van der Waals surface area contributed by atoms with Gasteiger partial charge in [-0.2, -0.15) is 0 Å². The third-order valence-electron chi connectivity index (χ3n) is 2.19. The molecule has 1 rings (SSSR count). The predicted octanol–water partition coefficient (Wildman–Crippen LogP) is 2.48. The molecule has 0 saturated carbocycles. The van der Waals surface area contributed by atoms with Gasteiger partial charge in [0.15, 0.2) is 0 Å². The van der Waals surface area contributed by atoms with Crippen molar-refractivity contribution in [2.45, 2.75) is 32.1 Å². The Balaban J connectivity index is 2.08. The Hall–Kier alpha value is -0.591. The van der Waals surface area contributed by atoms with Gasteiger partial charge < -0.3 is 0 Å². The molecular formula is C12H15OSe. The average Bonchev–Trinajstić information content (AvgIpc) is 2.18. The summed E-state index contributed by atoms with van der Waals surface area (Å²) in [7, 11) is 0. The summed E-state index contributed by atoms with van der Waals surface area (Å²) in [5.41, 5.74) is 1.39. The summed E-state index contributed by atoms with van der Waals surface area (Å²) >= 11 is 2.51. The van der Waals surface area contributed by atoms with Gasteiger partial charge in [0.05, 0.1) is 0 Å². The molecule has 14 heavy (non-hydrogen) atoms. The molecule has 0 amide bonds. The maximum atomic E-state index is 10.6. The number of carbonyl (C=O) groups is 1. The minimum atomic E-state index is 0.185. The van der Waals surface area contributed by atoms with E-state index in [1.807, 2.05) is 6.07 Å². The first kappa shape index (κ1) is 11.5. The van der Waals surface area contributed by atoms with E-state index in [1.165, 1.54) is 12.0 Å². The van der Waals surface area contributed by atoms with E-state index >= 15 is 0 Å². The molecule has 1 aromatic rings. The van der Waals surface area contributed by atoms with Crippen molar-refractivity contribution in [1.82, 2.24) is 0 Å². The SMILES string of the molecule is O=C([Se])CCCCCc1ccccc1. The number of hydrogen-bond acceptors (Lipinski definition) is 1. The molecule has 0 aliphatic rings. The van der Waals surface area contributed by atoms with E-state index in [-0.39, 0.29) is 4.68 Å². The molecule has 0 fully saturated rings. The van der Waals surface area contributed by atoms with Crippen LogP contribution in [-0.4, -0.2) is 20.7 Å². The number of aryl methyl sites for hydroxylation is 1. The zero-order chi connectivity index (χ0) is 10.2. The van der Waals surface area contributed by atoms with Gasteiger partial charge in [-0.1, -0.05) is 0 Å². The minimum absolute atomic E-state index is 0.185. The van der Waals surface area contributed by atoms with Gasteiger partial charge in [-0.3, -0.25) is 0 Å². The van der Waals surface area contributed by atoms with E-state index in [1.54, 1.807) is 0 Å². The summed E-state index contributed by atoms with van der Waals surface area (Å²) in [4.78, 5) is 10.6. The molecule has 0 bridgehead atoms. The third kappa shape index (κ3) is 5.21. The van der Waals surface area contributed by atoms with Crippen molar-refractivity contribution in [3.8, 4) is 0 Å². The van der Waals surface area contributed by atoms with Crippen LogP contribution in [0.15, 0.2) is 30.3 Å². The van der Waals surface area contributed by atoms with Gasteiger partial charge in [0.1, 0.15) is 0 Å². The molecule has 0 atom stereocenters. The predicted molar refractivity (Wildman–Crippen MR) is 59.4 cm³/mol. The van der Waals surface area contributed by atoms with Crippen molar-refractivity contribution < 1.29 is 4.79 Å². The van der Waals surface area contributed by atoms with Crippen LogP contribution in [0.4, 0.5) is 0 Å². The van der Waals surface area contributed by atoms with Crippen molar-refractivity contribution in [2.75, 3.05) is 0 Å². The van der Waals surface area contributed by atoms with Crippen molar-refractivity contribution >= 4 is 20.7 Å². The van der Waals surface area contributed by atoms with Crippen molar-refractivity contribution in [3.63, 3.8) is 0 Å². The van der Waals surface area contributed by atoms with E-state index in [2.05, 4.69) is 40.3 Å². The Kier molecular flexibility index (Phi) is 5.58. The summed E-state index contributed by atoms with van der Waals surface area (Å²) in [6, 6.07) is 10.5. The second-order valence-corrected chi connectivity index (χ2v) is 4.37. The van der Waals surface area contributed by atoms with Gasteiger partial charge in [-0.15, -0.1) is 0 Å². The van der Waals surface area contributed by atoms with Crippen LogP contribution in [0.3, 0.4) is 0 Å². The van der Waals surface area contributed by atoms with Gasteiger partial charge in [0.2, 0.25) is 0 Å². The van der Waals surface area contributed by atoms with E-state index < -0.39 is 0 Å². The van der Waals surface area contributed by atoms with Crippen molar-refractivity contribution in [3.05, 3.63) is 35.9 Å². The summed E-state index contributed by atoms with van der Waals surface area (Å²) < 4.78 is 0.185. The summed E-state index contributed by atoms with van der Waals surface area (Å²) in [5, 5.41) is 0. The van der Waals surface area contributed by atoms with Crippen molar-refractivity contribution in [1.29, 1.82) is 0 Å². The van der Waals surface area contributed by atoms with Crippen LogP contribution in [-0.2, 0) is 11.2 Å². The number of rotatable bonds is 6. The van der Waals surface area contributed by atoms with Crippen LogP contribution in [0.5, 0.6) is 0 Å². The molecule has 0 aliphatic heterocycles. The fraction of sp³-hybridized carbons (Fsp3) is 0.417. The Morgan fingerprint density at radius 3 is 2.43 bits per heavy atom. The molecule has 0 aromatic heterocycles. The molecular weight excluding hydrogens is 239 g/mol. The van der Waals surface area contributed by atoms with Gasteiger partial charge >= 0.3 is 93.5 Å². The van der Waals surface area contributed by atoms with Gasteiger partial charge in [-0.25, -0.2) is 0 Å². The molecule has 1 nitrogen and oxygen atoms in total. The molecule has 75 valence electrons. The molecule has 0 saturated heterocycles. The third-order valence-corrected chi connectivity index (χ3v) is 2.62. The average molecular weight is 254 g/mol. The van der Waals surface area contributed by atoms with E-state index in [9.17, 15) is 4.79 Å². The molecule has 0 spiro atoms. The van der Waals surface area contributed by atoms with E-state index in [0.29, 0.717) is 6.42 Å². The zero-order valence-corrected chi connectivity index (χ0v) is 9.95. The van der Waals surface area contributed by atoms with Crippen LogP contribution in [0.1, 0.15) is 31.2 Å². The van der Waals surface area contributed by atoms with Gasteiger partial charge in [0, 0.05) is 0 Å². The van der Waals surface area contributed by atoms with E-state index in [0.717, 1.165) is 19.3 Å². The second kappa shape index (κ2) is 6.80. The number of hydrogen-bond donors (Lipinski definition) is 0. The fourth-order valence-electron chi connectivity index (χ4n) is 1.42. The molecule has 0 aliphatic carbocycles. The Bertz CT molecular complexity index is 269. The van der Waals surface area contributed by atoms with Crippen LogP contribution in [0.25, 0.3) is 0 Å². The number of unbranched alkanes of at least 4 members (excludes halogenated alkanes) is 2. The summed E-state index contributed by atoms with van der Waals surface area (Å²) in [5.74, 6) is 0. The second-order valence-electron chi connectivity index (χ2n) is 3.42. The Morgan fingerprint density at radius 2 is 1.79 bits per heavy atom. The first-order valence-corrected chi connectivity index (χ1v) is 5.88. The molecule has 1 aromatic carbocycles. The standard InChI is InChI=1S/C12H15OSe/c13-12(14)10-6-2-5-9-11-7-3-1-4-8-11/h1,3-4,7-8H,2,5-6,9-10H2. The summed E-state index contributed by atoms with van der Waals surface area (Å²) in [6.07, 6.45) is 5.15. The molecule has 1 radical (unpaired) electrons. The first-order valence-electron chi connectivity index (χ1n) is 5.03. The Labute approximate surface area is 93.7 Å². The number of benzene rings is 1. The van der Waals surface area contributed by atoms with Gasteiger partial charge in [-0.05, 0) is 0 Å². The van der Waals surface area contributed by atoms with Crippen LogP contribution >= 0.6 is 0 Å². The molecule has 0 heterocycles. The molecule has 2 heteroatoms. The molecule has 0 N–H and O–H groups in total. The fourth-order valence-corrected chi connectivity index (χ4v) is 1.72.